The number of nitrogens with zero attached hydrogens (tertiary/aromatic N) is 5. The van der Waals surface area contributed by atoms with Gasteiger partial charge in [-0.25, -0.2) is 4.98 Å². The molecule has 3 N–H and O–H groups in total. The van der Waals surface area contributed by atoms with Gasteiger partial charge in [-0.15, -0.1) is 0 Å². The Bertz CT molecular complexity index is 885. The number of ether oxygens (including phenoxy) is 2. The van der Waals surface area contributed by atoms with E-state index in [1.807, 2.05) is 31.2 Å². The summed E-state index contributed by atoms with van der Waals surface area (Å²) in [6, 6.07) is 7.67. The van der Waals surface area contributed by atoms with E-state index in [4.69, 9.17) is 15.2 Å². The fraction of sp³-hybridized carbons (Fsp3) is 0.522. The van der Waals surface area contributed by atoms with Crippen molar-refractivity contribution in [1.29, 1.82) is 0 Å². The van der Waals surface area contributed by atoms with Gasteiger partial charge in [-0.2, -0.15) is 10.1 Å². The highest BCUT2D eigenvalue weighted by Gasteiger charge is 2.13. The standard InChI is InChI=1S/C23H35N7O2/c1-4-8-30(5-2)22-16-23(32-14-11-29-9-12-31-13-10-29)27-21(26-22)17-25-28-20-15-18(3)6-7-19(20)24/h6-7,15-17,28H,4-5,8-14,24H2,1-3H3/b25-17+. The molecule has 0 amide bonds. The second kappa shape index (κ2) is 12.2. The van der Waals surface area contributed by atoms with Crippen molar-refractivity contribution >= 4 is 23.4 Å². The average molecular weight is 442 g/mol. The number of rotatable bonds is 11. The van der Waals surface area contributed by atoms with Crippen molar-refractivity contribution in [2.75, 3.05) is 68.6 Å². The molecule has 32 heavy (non-hydrogen) atoms. The van der Waals surface area contributed by atoms with Gasteiger partial charge in [0.2, 0.25) is 5.88 Å². The zero-order valence-electron chi connectivity index (χ0n) is 19.4. The highest BCUT2D eigenvalue weighted by Crippen LogP contribution is 2.20. The van der Waals surface area contributed by atoms with E-state index in [1.54, 1.807) is 6.21 Å². The van der Waals surface area contributed by atoms with Crippen LogP contribution in [-0.2, 0) is 4.74 Å². The molecule has 0 spiro atoms. The van der Waals surface area contributed by atoms with Crippen LogP contribution in [0.25, 0.3) is 0 Å². The van der Waals surface area contributed by atoms with Gasteiger partial charge in [0, 0.05) is 38.8 Å². The summed E-state index contributed by atoms with van der Waals surface area (Å²) in [6.45, 7) is 12.9. The highest BCUT2D eigenvalue weighted by atomic mass is 16.5. The number of aromatic nitrogens is 2. The van der Waals surface area contributed by atoms with Gasteiger partial charge in [-0.05, 0) is 38.0 Å². The summed E-state index contributed by atoms with van der Waals surface area (Å²) < 4.78 is 11.4. The maximum atomic E-state index is 6.02. The van der Waals surface area contributed by atoms with Crippen molar-refractivity contribution in [2.24, 2.45) is 5.10 Å². The lowest BCUT2D eigenvalue weighted by Crippen LogP contribution is -2.38. The van der Waals surface area contributed by atoms with Crippen molar-refractivity contribution in [1.82, 2.24) is 14.9 Å². The number of benzene rings is 1. The molecular formula is C23H35N7O2. The van der Waals surface area contributed by atoms with Crippen LogP contribution < -0.4 is 20.8 Å². The van der Waals surface area contributed by atoms with Gasteiger partial charge >= 0.3 is 0 Å². The van der Waals surface area contributed by atoms with Gasteiger partial charge in [-0.3, -0.25) is 10.3 Å². The molecule has 1 aliphatic rings. The van der Waals surface area contributed by atoms with Crippen LogP contribution in [0.2, 0.25) is 0 Å². The smallest absolute Gasteiger partial charge is 0.219 e. The number of hydrazone groups is 1. The van der Waals surface area contributed by atoms with E-state index in [0.717, 1.165) is 69.4 Å². The molecule has 1 saturated heterocycles. The van der Waals surface area contributed by atoms with Gasteiger partial charge in [0.05, 0.1) is 30.8 Å². The van der Waals surface area contributed by atoms with E-state index >= 15 is 0 Å². The minimum absolute atomic E-state index is 0.483. The Hall–Kier alpha value is -2.91. The molecule has 2 heterocycles. The van der Waals surface area contributed by atoms with Crippen molar-refractivity contribution in [2.45, 2.75) is 27.2 Å². The molecule has 9 nitrogen and oxygen atoms in total. The van der Waals surface area contributed by atoms with Crippen LogP contribution >= 0.6 is 0 Å². The monoisotopic (exact) mass is 441 g/mol. The summed E-state index contributed by atoms with van der Waals surface area (Å²) in [7, 11) is 0. The van der Waals surface area contributed by atoms with Crippen LogP contribution in [0, 0.1) is 6.92 Å². The summed E-state index contributed by atoms with van der Waals surface area (Å²) in [6.07, 6.45) is 2.63. The molecule has 9 heteroatoms. The van der Waals surface area contributed by atoms with Crippen molar-refractivity contribution in [3.05, 3.63) is 35.7 Å². The van der Waals surface area contributed by atoms with E-state index in [0.29, 0.717) is 24.0 Å². The Labute approximate surface area is 190 Å². The molecule has 0 saturated carbocycles. The Morgan fingerprint density at radius 2 is 2.06 bits per heavy atom. The fourth-order valence-electron chi connectivity index (χ4n) is 3.46. The third-order valence-corrected chi connectivity index (χ3v) is 5.24. The van der Waals surface area contributed by atoms with Gasteiger partial charge in [0.25, 0.3) is 0 Å². The summed E-state index contributed by atoms with van der Waals surface area (Å²) in [5, 5.41) is 4.30. The number of anilines is 3. The molecule has 0 unspecified atom stereocenters. The lowest BCUT2D eigenvalue weighted by Gasteiger charge is -2.26. The van der Waals surface area contributed by atoms with E-state index in [1.165, 1.54) is 0 Å². The molecule has 2 aromatic rings. The molecule has 0 atom stereocenters. The fourth-order valence-corrected chi connectivity index (χ4v) is 3.46. The van der Waals surface area contributed by atoms with Crippen LogP contribution in [0.4, 0.5) is 17.2 Å². The summed E-state index contributed by atoms with van der Waals surface area (Å²) >= 11 is 0. The minimum Gasteiger partial charge on any atom is -0.476 e. The maximum Gasteiger partial charge on any atom is 0.219 e. The van der Waals surface area contributed by atoms with Crippen molar-refractivity contribution in [3.63, 3.8) is 0 Å². The lowest BCUT2D eigenvalue weighted by molar-refractivity contribution is 0.0320. The third-order valence-electron chi connectivity index (χ3n) is 5.24. The van der Waals surface area contributed by atoms with Gasteiger partial charge < -0.3 is 20.1 Å². The number of hydrogen-bond acceptors (Lipinski definition) is 9. The quantitative estimate of drug-likeness (QED) is 0.312. The van der Waals surface area contributed by atoms with Crippen LogP contribution in [0.1, 0.15) is 31.7 Å². The summed E-state index contributed by atoms with van der Waals surface area (Å²) in [5.41, 5.74) is 11.5. The largest absolute Gasteiger partial charge is 0.476 e. The Balaban J connectivity index is 1.72. The Morgan fingerprint density at radius 1 is 1.25 bits per heavy atom. The first-order chi connectivity index (χ1) is 15.6. The van der Waals surface area contributed by atoms with E-state index in [-0.39, 0.29) is 0 Å². The lowest BCUT2D eigenvalue weighted by atomic mass is 10.2. The molecule has 0 radical (unpaired) electrons. The predicted molar refractivity (Wildman–Crippen MR) is 130 cm³/mol. The van der Waals surface area contributed by atoms with Crippen LogP contribution in [0.3, 0.4) is 0 Å². The molecule has 174 valence electrons. The van der Waals surface area contributed by atoms with Crippen molar-refractivity contribution < 1.29 is 9.47 Å². The van der Waals surface area contributed by atoms with Crippen LogP contribution in [0.5, 0.6) is 5.88 Å². The normalized spacial score (nSPS) is 14.6. The summed E-state index contributed by atoms with van der Waals surface area (Å²) in [4.78, 5) is 13.8. The number of nitrogens with one attached hydrogen (secondary N) is 1. The molecule has 1 aromatic heterocycles. The molecule has 0 bridgehead atoms. The molecule has 0 aliphatic carbocycles. The maximum absolute atomic E-state index is 6.02. The van der Waals surface area contributed by atoms with Gasteiger partial charge in [-0.1, -0.05) is 13.0 Å². The average Bonchev–Trinajstić information content (AvgIpc) is 2.80. The first kappa shape index (κ1) is 23.7. The Kier molecular flexibility index (Phi) is 9.06. The van der Waals surface area contributed by atoms with Crippen LogP contribution in [0.15, 0.2) is 29.4 Å². The number of nitrogens with two attached hydrogens (primary N) is 1. The topological polar surface area (TPSA) is 101 Å². The SMILES string of the molecule is CCCN(CC)c1cc(OCCN2CCOCC2)nc(/C=N/Nc2cc(C)ccc2N)n1. The van der Waals surface area contributed by atoms with Gasteiger partial charge in [0.1, 0.15) is 12.4 Å². The second-order valence-electron chi connectivity index (χ2n) is 7.77. The third kappa shape index (κ3) is 7.06. The zero-order chi connectivity index (χ0) is 22.8. The first-order valence-corrected chi connectivity index (χ1v) is 11.3. The number of hydrogen-bond donors (Lipinski definition) is 2. The molecule has 1 fully saturated rings. The van der Waals surface area contributed by atoms with E-state index in [9.17, 15) is 0 Å². The Morgan fingerprint density at radius 3 is 2.81 bits per heavy atom. The van der Waals surface area contributed by atoms with Gasteiger partial charge in [0.15, 0.2) is 5.82 Å². The molecular weight excluding hydrogens is 406 g/mol. The highest BCUT2D eigenvalue weighted by molar-refractivity contribution is 5.77. The summed E-state index contributed by atoms with van der Waals surface area (Å²) in [5.74, 6) is 1.87. The number of aryl methyl sites for hydroxylation is 1. The number of nitrogen functional groups attached to an aromatic ring is 1. The number of morpholine rings is 1. The molecule has 1 aliphatic heterocycles. The van der Waals surface area contributed by atoms with Crippen molar-refractivity contribution in [3.8, 4) is 5.88 Å². The predicted octanol–water partition coefficient (Wildman–Crippen LogP) is 2.76. The molecule has 3 rings (SSSR count). The van der Waals surface area contributed by atoms with E-state index < -0.39 is 0 Å². The second-order valence-corrected chi connectivity index (χ2v) is 7.77. The molecule has 1 aromatic carbocycles. The van der Waals surface area contributed by atoms with Crippen LogP contribution in [-0.4, -0.2) is 73.6 Å². The van der Waals surface area contributed by atoms with E-state index in [2.05, 4.69) is 44.1 Å². The minimum atomic E-state index is 0.483. The first-order valence-electron chi connectivity index (χ1n) is 11.3. The zero-order valence-corrected chi connectivity index (χ0v) is 19.4.